The summed E-state index contributed by atoms with van der Waals surface area (Å²) in [6.07, 6.45) is 6.99. The highest BCUT2D eigenvalue weighted by Crippen LogP contribution is 2.14. The highest BCUT2D eigenvalue weighted by atomic mass is 16.2. The predicted octanol–water partition coefficient (Wildman–Crippen LogP) is 2.08. The van der Waals surface area contributed by atoms with E-state index in [9.17, 15) is 4.79 Å². The summed E-state index contributed by atoms with van der Waals surface area (Å²) >= 11 is 0. The molecule has 1 amide bonds. The Balaban J connectivity index is 1.66. The Bertz CT molecular complexity index is 859. The molecule has 0 atom stereocenters. The van der Waals surface area contributed by atoms with Crippen LogP contribution in [0.1, 0.15) is 39.3 Å². The number of rotatable bonds is 5. The molecule has 0 aliphatic heterocycles. The van der Waals surface area contributed by atoms with Crippen molar-refractivity contribution in [3.05, 3.63) is 46.7 Å². The molecule has 0 aromatic carbocycles. The SMILES string of the molecule is Cc1cnc2c(C(=O)N(C)CCCc3c(C)n[nH]c3C)cnn2c1. The molecular formula is C17H22N6O. The molecule has 0 bridgehead atoms. The Morgan fingerprint density at radius 1 is 1.29 bits per heavy atom. The summed E-state index contributed by atoms with van der Waals surface area (Å²) in [5, 5.41) is 11.4. The topological polar surface area (TPSA) is 79.2 Å². The van der Waals surface area contributed by atoms with E-state index in [1.165, 1.54) is 5.56 Å². The maximum atomic E-state index is 12.6. The summed E-state index contributed by atoms with van der Waals surface area (Å²) in [6.45, 7) is 6.64. The number of carbonyl (C=O) groups excluding carboxylic acids is 1. The Morgan fingerprint density at radius 2 is 2.08 bits per heavy atom. The lowest BCUT2D eigenvalue weighted by molar-refractivity contribution is 0.0795. The number of carbonyl (C=O) groups is 1. The van der Waals surface area contributed by atoms with Crippen LogP contribution in [0.4, 0.5) is 0 Å². The van der Waals surface area contributed by atoms with E-state index in [1.807, 2.05) is 34.0 Å². The summed E-state index contributed by atoms with van der Waals surface area (Å²) < 4.78 is 1.65. The maximum absolute atomic E-state index is 12.6. The first-order chi connectivity index (χ1) is 11.5. The minimum Gasteiger partial charge on any atom is -0.342 e. The summed E-state index contributed by atoms with van der Waals surface area (Å²) in [7, 11) is 1.81. The quantitative estimate of drug-likeness (QED) is 0.778. The van der Waals surface area contributed by atoms with E-state index in [0.29, 0.717) is 17.8 Å². The minimum atomic E-state index is -0.0537. The molecule has 0 radical (unpaired) electrons. The smallest absolute Gasteiger partial charge is 0.259 e. The molecule has 0 spiro atoms. The third-order valence-electron chi connectivity index (χ3n) is 4.26. The number of aryl methyl sites for hydroxylation is 3. The van der Waals surface area contributed by atoms with Crippen LogP contribution in [0, 0.1) is 20.8 Å². The van der Waals surface area contributed by atoms with E-state index in [4.69, 9.17) is 0 Å². The first kappa shape index (κ1) is 16.2. The number of nitrogens with zero attached hydrogens (tertiary/aromatic N) is 5. The highest BCUT2D eigenvalue weighted by molar-refractivity contribution is 5.99. The molecule has 3 aromatic rings. The fourth-order valence-electron chi connectivity index (χ4n) is 2.86. The van der Waals surface area contributed by atoms with Gasteiger partial charge < -0.3 is 4.90 Å². The Hall–Kier alpha value is -2.70. The molecule has 0 saturated heterocycles. The first-order valence-corrected chi connectivity index (χ1v) is 8.03. The number of nitrogens with one attached hydrogen (secondary N) is 1. The van der Waals surface area contributed by atoms with Gasteiger partial charge in [0.05, 0.1) is 11.9 Å². The van der Waals surface area contributed by atoms with Crippen LogP contribution in [0.25, 0.3) is 5.65 Å². The van der Waals surface area contributed by atoms with Crippen LogP contribution in [-0.2, 0) is 6.42 Å². The average molecular weight is 326 g/mol. The predicted molar refractivity (Wildman–Crippen MR) is 91.1 cm³/mol. The van der Waals surface area contributed by atoms with Crippen molar-refractivity contribution in [3.8, 4) is 0 Å². The van der Waals surface area contributed by atoms with Crippen molar-refractivity contribution in [2.45, 2.75) is 33.6 Å². The molecule has 1 N–H and O–H groups in total. The normalized spacial score (nSPS) is 11.2. The molecule has 24 heavy (non-hydrogen) atoms. The van der Waals surface area contributed by atoms with Gasteiger partial charge in [0.15, 0.2) is 5.65 Å². The monoisotopic (exact) mass is 326 g/mol. The van der Waals surface area contributed by atoms with Gasteiger partial charge in [0.25, 0.3) is 5.91 Å². The number of H-pyrrole nitrogens is 1. The van der Waals surface area contributed by atoms with Crippen LogP contribution in [-0.4, -0.2) is 49.2 Å². The van der Waals surface area contributed by atoms with Gasteiger partial charge in [0.1, 0.15) is 5.56 Å². The number of amides is 1. The second-order valence-corrected chi connectivity index (χ2v) is 6.20. The van der Waals surface area contributed by atoms with Crippen LogP contribution in [0.5, 0.6) is 0 Å². The first-order valence-electron chi connectivity index (χ1n) is 8.03. The standard InChI is InChI=1S/C17H22N6O/c1-11-8-18-16-15(9-19-23(16)10-11)17(24)22(4)7-5-6-14-12(2)20-21-13(14)3/h8-10H,5-7H2,1-4H3,(H,20,21). The van der Waals surface area contributed by atoms with Gasteiger partial charge >= 0.3 is 0 Å². The van der Waals surface area contributed by atoms with Crippen LogP contribution >= 0.6 is 0 Å². The molecule has 3 rings (SSSR count). The van der Waals surface area contributed by atoms with Gasteiger partial charge in [-0.15, -0.1) is 0 Å². The zero-order valence-electron chi connectivity index (χ0n) is 14.5. The second kappa shape index (κ2) is 6.43. The summed E-state index contributed by atoms with van der Waals surface area (Å²) in [4.78, 5) is 18.7. The van der Waals surface area contributed by atoms with Gasteiger partial charge in [0.2, 0.25) is 0 Å². The van der Waals surface area contributed by atoms with Gasteiger partial charge in [-0.1, -0.05) is 0 Å². The van der Waals surface area contributed by atoms with Crippen LogP contribution in [0.15, 0.2) is 18.6 Å². The Morgan fingerprint density at radius 3 is 2.79 bits per heavy atom. The van der Waals surface area contributed by atoms with Crippen LogP contribution in [0.2, 0.25) is 0 Å². The molecule has 0 aliphatic rings. The molecule has 0 fully saturated rings. The molecular weight excluding hydrogens is 304 g/mol. The second-order valence-electron chi connectivity index (χ2n) is 6.20. The van der Waals surface area contributed by atoms with Crippen LogP contribution < -0.4 is 0 Å². The van der Waals surface area contributed by atoms with Gasteiger partial charge in [-0.05, 0) is 44.7 Å². The van der Waals surface area contributed by atoms with E-state index >= 15 is 0 Å². The van der Waals surface area contributed by atoms with E-state index < -0.39 is 0 Å². The van der Waals surface area contributed by atoms with E-state index in [0.717, 1.165) is 29.8 Å². The number of fused-ring (bicyclic) bond motifs is 1. The third kappa shape index (κ3) is 3.02. The lowest BCUT2D eigenvalue weighted by atomic mass is 10.1. The molecule has 0 unspecified atom stereocenters. The van der Waals surface area contributed by atoms with Crippen molar-refractivity contribution in [1.29, 1.82) is 0 Å². The van der Waals surface area contributed by atoms with Gasteiger partial charge in [-0.25, -0.2) is 9.50 Å². The fraction of sp³-hybridized carbons (Fsp3) is 0.412. The Kier molecular flexibility index (Phi) is 4.33. The molecule has 7 heteroatoms. The molecule has 3 aromatic heterocycles. The number of aromatic nitrogens is 5. The zero-order chi connectivity index (χ0) is 17.3. The van der Waals surface area contributed by atoms with Gasteiger partial charge in [0, 0.05) is 31.7 Å². The molecule has 126 valence electrons. The maximum Gasteiger partial charge on any atom is 0.259 e. The van der Waals surface area contributed by atoms with Crippen molar-refractivity contribution >= 4 is 11.6 Å². The molecule has 0 aliphatic carbocycles. The zero-order valence-corrected chi connectivity index (χ0v) is 14.5. The number of hydrogen-bond acceptors (Lipinski definition) is 4. The Labute approximate surface area is 140 Å². The largest absolute Gasteiger partial charge is 0.342 e. The van der Waals surface area contributed by atoms with Crippen molar-refractivity contribution < 1.29 is 4.79 Å². The summed E-state index contributed by atoms with van der Waals surface area (Å²) in [6, 6.07) is 0. The van der Waals surface area contributed by atoms with Crippen molar-refractivity contribution in [2.75, 3.05) is 13.6 Å². The van der Waals surface area contributed by atoms with Gasteiger partial charge in [-0.3, -0.25) is 9.89 Å². The van der Waals surface area contributed by atoms with Crippen molar-refractivity contribution in [1.82, 2.24) is 29.7 Å². The number of aromatic amines is 1. The van der Waals surface area contributed by atoms with E-state index in [2.05, 4.69) is 20.3 Å². The van der Waals surface area contributed by atoms with Crippen molar-refractivity contribution in [2.24, 2.45) is 0 Å². The van der Waals surface area contributed by atoms with Crippen LogP contribution in [0.3, 0.4) is 0 Å². The van der Waals surface area contributed by atoms with E-state index in [1.54, 1.807) is 21.8 Å². The lowest BCUT2D eigenvalue weighted by Gasteiger charge is -2.16. The minimum absolute atomic E-state index is 0.0537. The summed E-state index contributed by atoms with van der Waals surface area (Å²) in [5.41, 5.74) is 5.51. The molecule has 0 saturated carbocycles. The highest BCUT2D eigenvalue weighted by Gasteiger charge is 2.18. The van der Waals surface area contributed by atoms with E-state index in [-0.39, 0.29) is 5.91 Å². The molecule has 7 nitrogen and oxygen atoms in total. The van der Waals surface area contributed by atoms with Gasteiger partial charge in [-0.2, -0.15) is 10.2 Å². The fourth-order valence-corrected chi connectivity index (χ4v) is 2.86. The summed E-state index contributed by atoms with van der Waals surface area (Å²) in [5.74, 6) is -0.0537. The number of hydrogen-bond donors (Lipinski definition) is 1. The average Bonchev–Trinajstić information content (AvgIpc) is 3.11. The molecule has 3 heterocycles. The van der Waals surface area contributed by atoms with Crippen molar-refractivity contribution in [3.63, 3.8) is 0 Å². The third-order valence-corrected chi connectivity index (χ3v) is 4.26. The lowest BCUT2D eigenvalue weighted by Crippen LogP contribution is -2.28.